The molecule has 0 saturated heterocycles. The maximum atomic E-state index is 5.22. The number of rotatable bonds is 4. The number of hydrogen-bond acceptors (Lipinski definition) is 3. The minimum Gasteiger partial charge on any atom is -0.384 e. The number of fused-ring (bicyclic) bond motifs is 3. The monoisotopic (exact) mass is 298 g/mol. The lowest BCUT2D eigenvalue weighted by Crippen LogP contribution is -2.04. The molecule has 0 aliphatic heterocycles. The van der Waals surface area contributed by atoms with Gasteiger partial charge in [-0.15, -0.1) is 0 Å². The summed E-state index contributed by atoms with van der Waals surface area (Å²) in [7, 11) is 1.74. The maximum Gasteiger partial charge on any atom is 0.156 e. The van der Waals surface area contributed by atoms with Gasteiger partial charge in [-0.3, -0.25) is 4.40 Å². The Balaban J connectivity index is 1.80. The molecule has 5 nitrogen and oxygen atoms in total. The van der Waals surface area contributed by atoms with Gasteiger partial charge in [0.2, 0.25) is 0 Å². The van der Waals surface area contributed by atoms with Crippen molar-refractivity contribution in [2.24, 2.45) is 0 Å². The van der Waals surface area contributed by atoms with E-state index in [1.807, 2.05) is 12.4 Å². The van der Waals surface area contributed by atoms with E-state index < -0.39 is 0 Å². The lowest BCUT2D eigenvalue weighted by molar-refractivity contribution is 0.202. The average molecular weight is 298 g/mol. The normalized spacial score (nSPS) is 16.8. The molecule has 1 N–H and O–H groups in total. The van der Waals surface area contributed by atoms with Crippen molar-refractivity contribution in [1.82, 2.24) is 19.4 Å². The highest BCUT2D eigenvalue weighted by atomic mass is 16.5. The molecule has 0 atom stereocenters. The van der Waals surface area contributed by atoms with Crippen molar-refractivity contribution in [3.8, 4) is 0 Å². The van der Waals surface area contributed by atoms with Crippen molar-refractivity contribution in [3.05, 3.63) is 29.8 Å². The first-order valence-corrected chi connectivity index (χ1v) is 8.19. The Labute approximate surface area is 129 Å². The first-order valence-electron chi connectivity index (χ1n) is 8.19. The fourth-order valence-corrected chi connectivity index (χ4v) is 3.61. The van der Waals surface area contributed by atoms with E-state index in [-0.39, 0.29) is 0 Å². The van der Waals surface area contributed by atoms with E-state index in [0.717, 1.165) is 23.2 Å². The number of hydrogen-bond donors (Lipinski definition) is 1. The number of nitrogens with zero attached hydrogens (tertiary/aromatic N) is 3. The van der Waals surface area contributed by atoms with Crippen molar-refractivity contribution < 1.29 is 4.74 Å². The van der Waals surface area contributed by atoms with Crippen molar-refractivity contribution in [2.75, 3.05) is 13.7 Å². The predicted molar refractivity (Wildman–Crippen MR) is 86.2 cm³/mol. The third-order valence-electron chi connectivity index (χ3n) is 4.81. The number of imidazole rings is 1. The second kappa shape index (κ2) is 5.72. The van der Waals surface area contributed by atoms with Crippen LogP contribution >= 0.6 is 0 Å². The van der Waals surface area contributed by atoms with Crippen LogP contribution in [0.2, 0.25) is 0 Å². The molecule has 4 rings (SSSR count). The maximum absolute atomic E-state index is 5.22. The van der Waals surface area contributed by atoms with Crippen LogP contribution in [0.4, 0.5) is 0 Å². The molecule has 0 aromatic carbocycles. The van der Waals surface area contributed by atoms with Gasteiger partial charge in [0.1, 0.15) is 0 Å². The average Bonchev–Trinajstić information content (AvgIpc) is 3.17. The number of H-pyrrole nitrogens is 1. The van der Waals surface area contributed by atoms with Gasteiger partial charge in [-0.1, -0.05) is 19.3 Å². The van der Waals surface area contributed by atoms with Gasteiger partial charge in [-0.05, 0) is 24.8 Å². The molecule has 1 fully saturated rings. The van der Waals surface area contributed by atoms with E-state index in [9.17, 15) is 0 Å². The fraction of sp³-hybridized carbons (Fsp3) is 0.529. The van der Waals surface area contributed by atoms with Crippen LogP contribution in [0, 0.1) is 0 Å². The molecular weight excluding hydrogens is 276 g/mol. The zero-order valence-corrected chi connectivity index (χ0v) is 13.0. The molecule has 1 saturated carbocycles. The van der Waals surface area contributed by atoms with Gasteiger partial charge >= 0.3 is 0 Å². The summed E-state index contributed by atoms with van der Waals surface area (Å²) >= 11 is 0. The highest BCUT2D eigenvalue weighted by molar-refractivity contribution is 5.78. The molecule has 5 heteroatoms. The zero-order valence-electron chi connectivity index (χ0n) is 13.0. The molecule has 116 valence electrons. The molecule has 0 spiro atoms. The van der Waals surface area contributed by atoms with Crippen molar-refractivity contribution in [1.29, 1.82) is 0 Å². The molecule has 22 heavy (non-hydrogen) atoms. The van der Waals surface area contributed by atoms with Gasteiger partial charge in [0.15, 0.2) is 11.3 Å². The van der Waals surface area contributed by atoms with Crippen LogP contribution in [0.15, 0.2) is 18.6 Å². The summed E-state index contributed by atoms with van der Waals surface area (Å²) in [6.45, 7) is 0.716. The number of methoxy groups -OCH3 is 1. The van der Waals surface area contributed by atoms with Crippen LogP contribution < -0.4 is 0 Å². The highest BCUT2D eigenvalue weighted by Gasteiger charge is 2.19. The SMILES string of the molecule is COCCc1c[nH]c2ncc3nc(C4CCCCC4)cn3c12. The Morgan fingerprint density at radius 1 is 1.32 bits per heavy atom. The predicted octanol–water partition coefficient (Wildman–Crippen LogP) is 3.45. The first-order chi connectivity index (χ1) is 10.9. The third kappa shape index (κ3) is 2.29. The number of ether oxygens (including phenoxy) is 1. The summed E-state index contributed by atoms with van der Waals surface area (Å²) in [6.07, 6.45) is 13.6. The lowest BCUT2D eigenvalue weighted by Gasteiger charge is -2.19. The summed E-state index contributed by atoms with van der Waals surface area (Å²) in [5.41, 5.74) is 5.48. The second-order valence-electron chi connectivity index (χ2n) is 6.24. The van der Waals surface area contributed by atoms with Gasteiger partial charge in [0, 0.05) is 25.4 Å². The molecule has 3 aromatic heterocycles. The van der Waals surface area contributed by atoms with Crippen LogP contribution in [0.1, 0.15) is 49.3 Å². The molecular formula is C17H22N4O. The number of nitrogens with one attached hydrogen (secondary N) is 1. The molecule has 0 bridgehead atoms. The van der Waals surface area contributed by atoms with Gasteiger partial charge in [-0.25, -0.2) is 9.97 Å². The first kappa shape index (κ1) is 13.8. The van der Waals surface area contributed by atoms with E-state index in [1.54, 1.807) is 7.11 Å². The number of aromatic nitrogens is 4. The molecule has 0 amide bonds. The summed E-state index contributed by atoms with van der Waals surface area (Å²) in [4.78, 5) is 12.6. The van der Waals surface area contributed by atoms with E-state index in [2.05, 4.69) is 20.6 Å². The zero-order chi connectivity index (χ0) is 14.9. The smallest absolute Gasteiger partial charge is 0.156 e. The number of aromatic amines is 1. The fourth-order valence-electron chi connectivity index (χ4n) is 3.61. The molecule has 0 unspecified atom stereocenters. The summed E-state index contributed by atoms with van der Waals surface area (Å²) in [5, 5.41) is 0. The Morgan fingerprint density at radius 3 is 3.00 bits per heavy atom. The van der Waals surface area contributed by atoms with Gasteiger partial charge in [-0.2, -0.15) is 0 Å². The van der Waals surface area contributed by atoms with Crippen LogP contribution in [0.25, 0.3) is 16.8 Å². The van der Waals surface area contributed by atoms with Crippen LogP contribution in [-0.4, -0.2) is 33.1 Å². The highest BCUT2D eigenvalue weighted by Crippen LogP contribution is 2.32. The van der Waals surface area contributed by atoms with E-state index in [4.69, 9.17) is 9.72 Å². The topological polar surface area (TPSA) is 55.2 Å². The van der Waals surface area contributed by atoms with Gasteiger partial charge in [0.25, 0.3) is 0 Å². The van der Waals surface area contributed by atoms with Crippen LogP contribution in [0.5, 0.6) is 0 Å². The van der Waals surface area contributed by atoms with Crippen LogP contribution in [0.3, 0.4) is 0 Å². The van der Waals surface area contributed by atoms with E-state index in [1.165, 1.54) is 43.4 Å². The quantitative estimate of drug-likeness (QED) is 0.802. The summed E-state index contributed by atoms with van der Waals surface area (Å²) in [6, 6.07) is 0. The van der Waals surface area contributed by atoms with Crippen molar-refractivity contribution >= 4 is 16.8 Å². The standard InChI is InChI=1S/C17H22N4O/c1-22-8-7-13-9-18-17-16(13)21-11-14(20-15(21)10-19-17)12-5-3-2-4-6-12/h9-12,18H,2-8H2,1H3. The largest absolute Gasteiger partial charge is 0.384 e. The Morgan fingerprint density at radius 2 is 2.18 bits per heavy atom. The minimum absolute atomic E-state index is 0.616. The van der Waals surface area contributed by atoms with Crippen LogP contribution in [-0.2, 0) is 11.2 Å². The van der Waals surface area contributed by atoms with E-state index in [0.29, 0.717) is 12.5 Å². The molecule has 3 aromatic rings. The van der Waals surface area contributed by atoms with Crippen molar-refractivity contribution in [2.45, 2.75) is 44.4 Å². The van der Waals surface area contributed by atoms with Crippen molar-refractivity contribution in [3.63, 3.8) is 0 Å². The Kier molecular flexibility index (Phi) is 3.58. The molecule has 1 aliphatic carbocycles. The second-order valence-corrected chi connectivity index (χ2v) is 6.24. The Bertz CT molecular complexity index is 783. The third-order valence-corrected chi connectivity index (χ3v) is 4.81. The Hall–Kier alpha value is -1.88. The van der Waals surface area contributed by atoms with Gasteiger partial charge in [0.05, 0.1) is 24.0 Å². The molecule has 3 heterocycles. The minimum atomic E-state index is 0.616. The molecule has 1 aliphatic rings. The molecule has 0 radical (unpaired) electrons. The summed E-state index contributed by atoms with van der Waals surface area (Å²) < 4.78 is 7.42. The summed E-state index contributed by atoms with van der Waals surface area (Å²) in [5.74, 6) is 0.616. The van der Waals surface area contributed by atoms with Gasteiger partial charge < -0.3 is 9.72 Å². The van der Waals surface area contributed by atoms with E-state index >= 15 is 0 Å². The lowest BCUT2D eigenvalue weighted by atomic mass is 9.87.